The van der Waals surface area contributed by atoms with Gasteiger partial charge in [-0.25, -0.2) is 0 Å². The Kier molecular flexibility index (Phi) is 4.10. The average Bonchev–Trinajstić information content (AvgIpc) is 2.73. The summed E-state index contributed by atoms with van der Waals surface area (Å²) in [4.78, 5) is 0. The maximum Gasteiger partial charge on any atom is 0.161 e. The van der Waals surface area contributed by atoms with E-state index in [2.05, 4.69) is 60.8 Å². The van der Waals surface area contributed by atoms with Crippen LogP contribution in [0.4, 0.5) is 0 Å². The lowest BCUT2D eigenvalue weighted by molar-refractivity contribution is 0.171. The molecular formula is C24H23NO2. The first-order chi connectivity index (χ1) is 13.3. The standard InChI is InChI=1S/C24H23NO2/c1-16-21(18-5-6-20-15-25-10-9-17(20)13-18)3-2-4-22(16)19-7-8-23-24(14-19)27-12-11-26-23/h2-8,13-14,25H,9-12,15H2,1H3. The second kappa shape index (κ2) is 6.75. The molecule has 3 aromatic carbocycles. The molecule has 0 radical (unpaired) electrons. The van der Waals surface area contributed by atoms with Crippen molar-refractivity contribution in [3.8, 4) is 33.8 Å². The summed E-state index contributed by atoms with van der Waals surface area (Å²) in [7, 11) is 0. The SMILES string of the molecule is Cc1c(-c2ccc3c(c2)CCNC3)cccc1-c1ccc2c(c1)OCCO2. The van der Waals surface area contributed by atoms with E-state index in [9.17, 15) is 0 Å². The molecule has 3 nitrogen and oxygen atoms in total. The van der Waals surface area contributed by atoms with Crippen LogP contribution >= 0.6 is 0 Å². The Bertz CT molecular complexity index is 932. The Hall–Kier alpha value is -2.78. The van der Waals surface area contributed by atoms with Gasteiger partial charge in [0, 0.05) is 6.54 Å². The normalized spacial score (nSPS) is 15.3. The topological polar surface area (TPSA) is 30.5 Å². The van der Waals surface area contributed by atoms with Crippen LogP contribution in [-0.2, 0) is 13.0 Å². The van der Waals surface area contributed by atoms with Gasteiger partial charge in [0.15, 0.2) is 11.5 Å². The Morgan fingerprint density at radius 2 is 1.52 bits per heavy atom. The van der Waals surface area contributed by atoms with Gasteiger partial charge in [-0.15, -0.1) is 0 Å². The van der Waals surface area contributed by atoms with Crippen molar-refractivity contribution in [3.63, 3.8) is 0 Å². The monoisotopic (exact) mass is 357 g/mol. The van der Waals surface area contributed by atoms with Gasteiger partial charge in [0.25, 0.3) is 0 Å². The van der Waals surface area contributed by atoms with Gasteiger partial charge in [0.1, 0.15) is 13.2 Å². The Labute approximate surface area is 160 Å². The number of rotatable bonds is 2. The first-order valence-electron chi connectivity index (χ1n) is 9.62. The van der Waals surface area contributed by atoms with E-state index in [1.54, 1.807) is 0 Å². The summed E-state index contributed by atoms with van der Waals surface area (Å²) in [6.45, 7) is 5.48. The molecule has 0 aromatic heterocycles. The molecule has 2 heterocycles. The highest BCUT2D eigenvalue weighted by Gasteiger charge is 2.15. The number of nitrogens with one attached hydrogen (secondary N) is 1. The molecule has 0 unspecified atom stereocenters. The Balaban J connectivity index is 1.57. The maximum atomic E-state index is 5.77. The fourth-order valence-corrected chi connectivity index (χ4v) is 4.12. The lowest BCUT2D eigenvalue weighted by Gasteiger charge is -2.20. The predicted molar refractivity (Wildman–Crippen MR) is 108 cm³/mol. The second-order valence-corrected chi connectivity index (χ2v) is 7.25. The quantitative estimate of drug-likeness (QED) is 0.718. The van der Waals surface area contributed by atoms with E-state index in [1.807, 2.05) is 6.07 Å². The van der Waals surface area contributed by atoms with Crippen molar-refractivity contribution < 1.29 is 9.47 Å². The minimum Gasteiger partial charge on any atom is -0.486 e. The van der Waals surface area contributed by atoms with E-state index >= 15 is 0 Å². The maximum absolute atomic E-state index is 5.77. The molecule has 0 bridgehead atoms. The highest BCUT2D eigenvalue weighted by atomic mass is 16.6. The molecule has 5 rings (SSSR count). The molecule has 0 atom stereocenters. The third-order valence-electron chi connectivity index (χ3n) is 5.59. The van der Waals surface area contributed by atoms with Gasteiger partial charge in [0.2, 0.25) is 0 Å². The summed E-state index contributed by atoms with van der Waals surface area (Å²) in [5.74, 6) is 1.67. The van der Waals surface area contributed by atoms with Crippen LogP contribution in [0.5, 0.6) is 11.5 Å². The van der Waals surface area contributed by atoms with Crippen molar-refractivity contribution in [2.24, 2.45) is 0 Å². The summed E-state index contributed by atoms with van der Waals surface area (Å²) in [6, 6.07) is 19.7. The van der Waals surface area contributed by atoms with Crippen LogP contribution in [-0.4, -0.2) is 19.8 Å². The molecule has 0 saturated carbocycles. The van der Waals surface area contributed by atoms with Gasteiger partial charge in [-0.3, -0.25) is 0 Å². The fraction of sp³-hybridized carbons (Fsp3) is 0.250. The Morgan fingerprint density at radius 1 is 0.778 bits per heavy atom. The molecule has 1 N–H and O–H groups in total. The molecule has 0 aliphatic carbocycles. The van der Waals surface area contributed by atoms with E-state index in [1.165, 1.54) is 38.9 Å². The zero-order valence-electron chi connectivity index (χ0n) is 15.5. The largest absolute Gasteiger partial charge is 0.486 e. The van der Waals surface area contributed by atoms with Crippen LogP contribution in [0.2, 0.25) is 0 Å². The summed E-state index contributed by atoms with van der Waals surface area (Å²) >= 11 is 0. The van der Waals surface area contributed by atoms with Gasteiger partial charge in [-0.1, -0.05) is 42.5 Å². The van der Waals surface area contributed by atoms with Gasteiger partial charge in [0.05, 0.1) is 0 Å². The first-order valence-corrected chi connectivity index (χ1v) is 9.62. The lowest BCUT2D eigenvalue weighted by atomic mass is 9.90. The van der Waals surface area contributed by atoms with Crippen LogP contribution in [0, 0.1) is 6.92 Å². The van der Waals surface area contributed by atoms with Crippen molar-refractivity contribution >= 4 is 0 Å². The van der Waals surface area contributed by atoms with Gasteiger partial charge < -0.3 is 14.8 Å². The van der Waals surface area contributed by atoms with E-state index in [4.69, 9.17) is 9.47 Å². The number of benzene rings is 3. The molecule has 27 heavy (non-hydrogen) atoms. The van der Waals surface area contributed by atoms with Crippen LogP contribution in [0.1, 0.15) is 16.7 Å². The number of hydrogen-bond acceptors (Lipinski definition) is 3. The molecule has 2 aliphatic heterocycles. The molecule has 0 fully saturated rings. The van der Waals surface area contributed by atoms with Gasteiger partial charge in [-0.05, 0) is 71.0 Å². The third-order valence-corrected chi connectivity index (χ3v) is 5.59. The molecule has 2 aliphatic rings. The smallest absolute Gasteiger partial charge is 0.161 e. The highest BCUT2D eigenvalue weighted by Crippen LogP contribution is 2.38. The van der Waals surface area contributed by atoms with E-state index in [0.29, 0.717) is 13.2 Å². The summed E-state index contributed by atoms with van der Waals surface area (Å²) in [5, 5.41) is 3.44. The number of fused-ring (bicyclic) bond motifs is 2. The van der Waals surface area contributed by atoms with E-state index in [0.717, 1.165) is 31.0 Å². The van der Waals surface area contributed by atoms with E-state index < -0.39 is 0 Å². The molecule has 3 heteroatoms. The predicted octanol–water partition coefficient (Wildman–Crippen LogP) is 4.75. The summed E-state index contributed by atoms with van der Waals surface area (Å²) < 4.78 is 11.4. The molecule has 0 amide bonds. The van der Waals surface area contributed by atoms with Crippen molar-refractivity contribution in [1.29, 1.82) is 0 Å². The molecular weight excluding hydrogens is 334 g/mol. The van der Waals surface area contributed by atoms with Crippen molar-refractivity contribution in [2.75, 3.05) is 19.8 Å². The second-order valence-electron chi connectivity index (χ2n) is 7.25. The van der Waals surface area contributed by atoms with Gasteiger partial charge >= 0.3 is 0 Å². The zero-order valence-corrected chi connectivity index (χ0v) is 15.5. The first kappa shape index (κ1) is 16.4. The number of hydrogen-bond donors (Lipinski definition) is 1. The minimum atomic E-state index is 0.611. The average molecular weight is 357 g/mol. The lowest BCUT2D eigenvalue weighted by Crippen LogP contribution is -2.23. The van der Waals surface area contributed by atoms with E-state index in [-0.39, 0.29) is 0 Å². The van der Waals surface area contributed by atoms with Crippen LogP contribution < -0.4 is 14.8 Å². The van der Waals surface area contributed by atoms with Crippen molar-refractivity contribution in [2.45, 2.75) is 19.9 Å². The van der Waals surface area contributed by atoms with Crippen LogP contribution in [0.3, 0.4) is 0 Å². The van der Waals surface area contributed by atoms with Crippen LogP contribution in [0.15, 0.2) is 54.6 Å². The highest BCUT2D eigenvalue weighted by molar-refractivity contribution is 5.79. The fourth-order valence-electron chi connectivity index (χ4n) is 4.12. The molecule has 136 valence electrons. The minimum absolute atomic E-state index is 0.611. The van der Waals surface area contributed by atoms with Crippen LogP contribution in [0.25, 0.3) is 22.3 Å². The van der Waals surface area contributed by atoms with Crippen molar-refractivity contribution in [1.82, 2.24) is 5.32 Å². The molecule has 3 aromatic rings. The summed E-state index contributed by atoms with van der Waals surface area (Å²) in [6.07, 6.45) is 1.10. The summed E-state index contributed by atoms with van der Waals surface area (Å²) in [5.41, 5.74) is 9.19. The zero-order chi connectivity index (χ0) is 18.2. The van der Waals surface area contributed by atoms with Gasteiger partial charge in [-0.2, -0.15) is 0 Å². The molecule has 0 spiro atoms. The number of ether oxygens (including phenoxy) is 2. The third kappa shape index (κ3) is 2.98. The van der Waals surface area contributed by atoms with Crippen molar-refractivity contribution in [3.05, 3.63) is 71.3 Å². The molecule has 0 saturated heterocycles. The Morgan fingerprint density at radius 3 is 2.37 bits per heavy atom.